The third kappa shape index (κ3) is 5.50. The molecule has 0 atom stereocenters. The maximum atomic E-state index is 13.8. The van der Waals surface area contributed by atoms with E-state index in [9.17, 15) is 4.79 Å². The van der Waals surface area contributed by atoms with Gasteiger partial charge in [0.25, 0.3) is 0 Å². The Bertz CT molecular complexity index is 954. The van der Waals surface area contributed by atoms with Crippen molar-refractivity contribution in [2.45, 2.75) is 70.9 Å². The SMILES string of the molecule is COC1CCC(Cc2cccc(-c3cccc(C)c3C)c2)(C(=O)NC2CCN(C)CC2)CC1. The fraction of sp³-hybridized carbons (Fsp3) is 0.552. The lowest BCUT2D eigenvalue weighted by Gasteiger charge is -2.40. The number of aryl methyl sites for hydroxylation is 1. The van der Waals surface area contributed by atoms with E-state index in [1.165, 1.54) is 27.8 Å². The van der Waals surface area contributed by atoms with E-state index in [2.05, 4.69) is 73.6 Å². The van der Waals surface area contributed by atoms with Gasteiger partial charge in [-0.2, -0.15) is 0 Å². The number of rotatable bonds is 6. The summed E-state index contributed by atoms with van der Waals surface area (Å²) in [7, 11) is 3.96. The molecule has 2 aliphatic rings. The zero-order valence-electron chi connectivity index (χ0n) is 20.8. The minimum absolute atomic E-state index is 0.253. The van der Waals surface area contributed by atoms with Crippen molar-refractivity contribution in [3.63, 3.8) is 0 Å². The van der Waals surface area contributed by atoms with Crippen LogP contribution in [0.4, 0.5) is 0 Å². The molecule has 1 amide bonds. The van der Waals surface area contributed by atoms with Gasteiger partial charge in [-0.15, -0.1) is 0 Å². The lowest BCUT2D eigenvalue weighted by Crippen LogP contribution is -2.51. The number of benzene rings is 2. The molecule has 0 spiro atoms. The predicted octanol–water partition coefficient (Wildman–Crippen LogP) is 5.30. The van der Waals surface area contributed by atoms with Crippen LogP contribution in [0.3, 0.4) is 0 Å². The first kappa shape index (κ1) is 24.0. The van der Waals surface area contributed by atoms with Gasteiger partial charge in [0, 0.05) is 13.2 Å². The summed E-state index contributed by atoms with van der Waals surface area (Å²) in [5.74, 6) is 0.253. The van der Waals surface area contributed by atoms with Crippen molar-refractivity contribution in [2.24, 2.45) is 5.41 Å². The molecule has 0 unspecified atom stereocenters. The molecular formula is C29H40N2O2. The Balaban J connectivity index is 1.57. The van der Waals surface area contributed by atoms with E-state index in [1.54, 1.807) is 7.11 Å². The average Bonchev–Trinajstić information content (AvgIpc) is 2.83. The second-order valence-corrected chi connectivity index (χ2v) is 10.4. The van der Waals surface area contributed by atoms with Gasteiger partial charge >= 0.3 is 0 Å². The quantitative estimate of drug-likeness (QED) is 0.652. The number of ether oxygens (including phenoxy) is 1. The van der Waals surface area contributed by atoms with Crippen molar-refractivity contribution in [3.8, 4) is 11.1 Å². The van der Waals surface area contributed by atoms with Crippen molar-refractivity contribution < 1.29 is 9.53 Å². The van der Waals surface area contributed by atoms with Crippen LogP contribution in [-0.4, -0.2) is 50.2 Å². The number of methoxy groups -OCH3 is 1. The first-order valence-electron chi connectivity index (χ1n) is 12.6. The maximum absolute atomic E-state index is 13.8. The first-order chi connectivity index (χ1) is 15.9. The minimum atomic E-state index is -0.349. The molecule has 178 valence electrons. The predicted molar refractivity (Wildman–Crippen MR) is 135 cm³/mol. The second-order valence-electron chi connectivity index (χ2n) is 10.4. The highest BCUT2D eigenvalue weighted by Crippen LogP contribution is 2.41. The highest BCUT2D eigenvalue weighted by atomic mass is 16.5. The molecule has 1 aliphatic heterocycles. The lowest BCUT2D eigenvalue weighted by atomic mass is 9.68. The molecule has 1 N–H and O–H groups in total. The number of hydrogen-bond donors (Lipinski definition) is 1. The van der Waals surface area contributed by atoms with Crippen LogP contribution in [0.1, 0.15) is 55.2 Å². The third-order valence-electron chi connectivity index (χ3n) is 8.14. The number of amides is 1. The summed E-state index contributed by atoms with van der Waals surface area (Å²) < 4.78 is 5.64. The van der Waals surface area contributed by atoms with Gasteiger partial charge in [0.05, 0.1) is 11.5 Å². The summed E-state index contributed by atoms with van der Waals surface area (Å²) >= 11 is 0. The van der Waals surface area contributed by atoms with Crippen molar-refractivity contribution in [3.05, 3.63) is 59.2 Å². The highest BCUT2D eigenvalue weighted by molar-refractivity contribution is 5.83. The Morgan fingerprint density at radius 3 is 2.45 bits per heavy atom. The maximum Gasteiger partial charge on any atom is 0.226 e. The van der Waals surface area contributed by atoms with Gasteiger partial charge in [0.1, 0.15) is 0 Å². The van der Waals surface area contributed by atoms with Gasteiger partial charge in [0.2, 0.25) is 5.91 Å². The standard InChI is InChI=1S/C29H40N2O2/c1-21-7-5-10-27(22(21)2)24-9-6-8-23(19-24)20-29(15-11-26(33-4)12-16-29)28(32)30-25-13-17-31(3)18-14-25/h5-10,19,25-26H,11-18,20H2,1-4H3,(H,30,32). The molecular weight excluding hydrogens is 408 g/mol. The number of hydrogen-bond acceptors (Lipinski definition) is 3. The molecule has 2 aromatic carbocycles. The van der Waals surface area contributed by atoms with E-state index in [0.717, 1.165) is 58.0 Å². The Labute approximate surface area is 199 Å². The summed E-state index contributed by atoms with van der Waals surface area (Å²) in [6.07, 6.45) is 6.83. The summed E-state index contributed by atoms with van der Waals surface area (Å²) in [5.41, 5.74) is 6.06. The van der Waals surface area contributed by atoms with Crippen LogP contribution in [0.2, 0.25) is 0 Å². The van der Waals surface area contributed by atoms with E-state index in [4.69, 9.17) is 4.74 Å². The zero-order valence-corrected chi connectivity index (χ0v) is 20.8. The Hall–Kier alpha value is -2.17. The van der Waals surface area contributed by atoms with E-state index in [-0.39, 0.29) is 17.4 Å². The van der Waals surface area contributed by atoms with Gasteiger partial charge in [-0.1, -0.05) is 42.5 Å². The van der Waals surface area contributed by atoms with Crippen LogP contribution in [0, 0.1) is 19.3 Å². The van der Waals surface area contributed by atoms with Crippen LogP contribution in [0.15, 0.2) is 42.5 Å². The Kier molecular flexibility index (Phi) is 7.55. The molecule has 1 aliphatic carbocycles. The fourth-order valence-corrected chi connectivity index (χ4v) is 5.66. The normalized spacial score (nSPS) is 24.5. The number of nitrogens with one attached hydrogen (secondary N) is 1. The molecule has 1 heterocycles. The number of likely N-dealkylation sites (tertiary alicyclic amines) is 1. The molecule has 4 nitrogen and oxygen atoms in total. The van der Waals surface area contributed by atoms with Gasteiger partial charge in [-0.3, -0.25) is 4.79 Å². The van der Waals surface area contributed by atoms with Crippen molar-refractivity contribution >= 4 is 5.91 Å². The molecule has 2 fully saturated rings. The van der Waals surface area contributed by atoms with Crippen molar-refractivity contribution in [2.75, 3.05) is 27.2 Å². The molecule has 0 radical (unpaired) electrons. The third-order valence-corrected chi connectivity index (χ3v) is 8.14. The highest BCUT2D eigenvalue weighted by Gasteiger charge is 2.42. The van der Waals surface area contributed by atoms with Crippen LogP contribution in [0.25, 0.3) is 11.1 Å². The molecule has 33 heavy (non-hydrogen) atoms. The molecule has 4 heteroatoms. The van der Waals surface area contributed by atoms with E-state index >= 15 is 0 Å². The fourth-order valence-electron chi connectivity index (χ4n) is 5.66. The number of piperidine rings is 1. The van der Waals surface area contributed by atoms with Crippen LogP contribution < -0.4 is 5.32 Å². The summed E-state index contributed by atoms with van der Waals surface area (Å²) in [6, 6.07) is 15.6. The van der Waals surface area contributed by atoms with Gasteiger partial charge < -0.3 is 15.0 Å². The molecule has 1 saturated carbocycles. The zero-order chi connectivity index (χ0) is 23.4. The molecule has 0 aromatic heterocycles. The largest absolute Gasteiger partial charge is 0.381 e. The van der Waals surface area contributed by atoms with Gasteiger partial charge in [-0.25, -0.2) is 0 Å². The minimum Gasteiger partial charge on any atom is -0.381 e. The van der Waals surface area contributed by atoms with E-state index < -0.39 is 0 Å². The van der Waals surface area contributed by atoms with Crippen molar-refractivity contribution in [1.29, 1.82) is 0 Å². The molecule has 0 bridgehead atoms. The summed E-state index contributed by atoms with van der Waals surface area (Å²) in [6.45, 7) is 6.47. The van der Waals surface area contributed by atoms with Crippen LogP contribution in [-0.2, 0) is 16.0 Å². The summed E-state index contributed by atoms with van der Waals surface area (Å²) in [4.78, 5) is 16.1. The molecule has 4 rings (SSSR count). The Morgan fingerprint density at radius 1 is 1.06 bits per heavy atom. The topological polar surface area (TPSA) is 41.6 Å². The second kappa shape index (κ2) is 10.4. The van der Waals surface area contributed by atoms with Gasteiger partial charge in [-0.05, 0) is 107 Å². The smallest absolute Gasteiger partial charge is 0.226 e. The van der Waals surface area contributed by atoms with Crippen LogP contribution in [0.5, 0.6) is 0 Å². The van der Waals surface area contributed by atoms with E-state index in [1.807, 2.05) is 0 Å². The molecule has 2 aromatic rings. The number of nitrogens with zero attached hydrogens (tertiary/aromatic N) is 1. The average molecular weight is 449 g/mol. The van der Waals surface area contributed by atoms with E-state index in [0.29, 0.717) is 6.04 Å². The number of carbonyl (C=O) groups is 1. The Morgan fingerprint density at radius 2 is 1.76 bits per heavy atom. The number of carbonyl (C=O) groups excluding carboxylic acids is 1. The van der Waals surface area contributed by atoms with Crippen LogP contribution >= 0.6 is 0 Å². The lowest BCUT2D eigenvalue weighted by molar-refractivity contribution is -0.135. The summed E-state index contributed by atoms with van der Waals surface area (Å²) in [5, 5.41) is 3.46. The monoisotopic (exact) mass is 448 g/mol. The molecule has 1 saturated heterocycles. The van der Waals surface area contributed by atoms with Crippen molar-refractivity contribution in [1.82, 2.24) is 10.2 Å². The van der Waals surface area contributed by atoms with Gasteiger partial charge in [0.15, 0.2) is 0 Å². The first-order valence-corrected chi connectivity index (χ1v) is 12.6.